The van der Waals surface area contributed by atoms with Crippen molar-refractivity contribution in [3.63, 3.8) is 0 Å². The van der Waals surface area contributed by atoms with E-state index in [4.69, 9.17) is 17.3 Å². The standard InChI is InChI=1S/C26H20ClF5N6O2/c1-12-6-18(28)15(21-8-16(26(30,31)32)22-23(33)34-11-35-38(21)22)7-14(12)24(39)36-20-10-37(9-19(20)29)25(40)13-4-2-3-5-17(13)27/h2-8,11,19-20H,9-10H2,1H3,(H,36,39)(H2,33,34,35)/t19-,20+/m0/s1. The molecule has 0 saturated carbocycles. The average molecular weight is 579 g/mol. The van der Waals surface area contributed by atoms with Crippen LogP contribution >= 0.6 is 11.6 Å². The number of aryl methyl sites for hydroxylation is 1. The summed E-state index contributed by atoms with van der Waals surface area (Å²) in [5, 5.41) is 6.51. The molecule has 8 nitrogen and oxygen atoms in total. The molecular formula is C26H20ClF5N6O2. The molecule has 1 fully saturated rings. The molecule has 1 saturated heterocycles. The van der Waals surface area contributed by atoms with Gasteiger partial charge in [-0.15, -0.1) is 0 Å². The lowest BCUT2D eigenvalue weighted by Gasteiger charge is -2.18. The number of benzene rings is 2. The van der Waals surface area contributed by atoms with Gasteiger partial charge in [0.15, 0.2) is 5.82 Å². The van der Waals surface area contributed by atoms with Gasteiger partial charge < -0.3 is 16.0 Å². The number of nitrogen functional groups attached to an aromatic ring is 1. The van der Waals surface area contributed by atoms with Crippen LogP contribution < -0.4 is 11.1 Å². The Bertz CT molecular complexity index is 1660. The van der Waals surface area contributed by atoms with E-state index >= 15 is 4.39 Å². The molecule has 14 heteroatoms. The third kappa shape index (κ3) is 4.81. The van der Waals surface area contributed by atoms with Crippen LogP contribution in [-0.4, -0.2) is 56.6 Å². The molecule has 4 aromatic rings. The first kappa shape index (κ1) is 27.3. The zero-order chi connectivity index (χ0) is 28.9. The number of hydrogen-bond acceptors (Lipinski definition) is 5. The van der Waals surface area contributed by atoms with Gasteiger partial charge in [-0.2, -0.15) is 18.3 Å². The summed E-state index contributed by atoms with van der Waals surface area (Å²) in [6.07, 6.45) is -5.54. The number of nitrogens with zero attached hydrogens (tertiary/aromatic N) is 4. The normalized spacial score (nSPS) is 17.4. The molecule has 40 heavy (non-hydrogen) atoms. The van der Waals surface area contributed by atoms with Gasteiger partial charge >= 0.3 is 6.18 Å². The summed E-state index contributed by atoms with van der Waals surface area (Å²) < 4.78 is 72.0. The fourth-order valence-corrected chi connectivity index (χ4v) is 4.92. The zero-order valence-corrected chi connectivity index (χ0v) is 21.4. The Hall–Kier alpha value is -4.26. The predicted octanol–water partition coefficient (Wildman–Crippen LogP) is 4.69. The molecule has 5 rings (SSSR count). The number of nitrogens with two attached hydrogens (primary N) is 1. The van der Waals surface area contributed by atoms with Gasteiger partial charge in [0.05, 0.1) is 34.4 Å². The summed E-state index contributed by atoms with van der Waals surface area (Å²) in [6, 6.07) is 7.91. The molecule has 1 aliphatic heterocycles. The molecule has 3 N–H and O–H groups in total. The Kier molecular flexibility index (Phi) is 6.86. The minimum absolute atomic E-state index is 0.106. The van der Waals surface area contributed by atoms with Crippen LogP contribution in [0.3, 0.4) is 0 Å². The highest BCUT2D eigenvalue weighted by atomic mass is 35.5. The minimum atomic E-state index is -4.85. The van der Waals surface area contributed by atoms with Crippen LogP contribution in [0.1, 0.15) is 31.8 Å². The first-order valence-electron chi connectivity index (χ1n) is 11.9. The van der Waals surface area contributed by atoms with E-state index in [2.05, 4.69) is 15.4 Å². The molecule has 0 bridgehead atoms. The fraction of sp³-hybridized carbons (Fsp3) is 0.231. The maximum absolute atomic E-state index is 15.1. The molecule has 2 aromatic carbocycles. The van der Waals surface area contributed by atoms with Crippen molar-refractivity contribution < 1.29 is 31.5 Å². The van der Waals surface area contributed by atoms with Gasteiger partial charge in [-0.1, -0.05) is 23.7 Å². The third-order valence-electron chi connectivity index (χ3n) is 6.68. The molecule has 0 spiro atoms. The number of carbonyl (C=O) groups excluding carboxylic acids is 2. The van der Waals surface area contributed by atoms with Gasteiger partial charge in [-0.25, -0.2) is 18.3 Å². The largest absolute Gasteiger partial charge is 0.418 e. The number of amides is 2. The smallest absolute Gasteiger partial charge is 0.382 e. The highest BCUT2D eigenvalue weighted by Crippen LogP contribution is 2.39. The molecule has 2 atom stereocenters. The number of carbonyl (C=O) groups is 2. The van der Waals surface area contributed by atoms with E-state index < -0.39 is 52.9 Å². The molecule has 3 heterocycles. The number of anilines is 1. The number of alkyl halides is 4. The summed E-state index contributed by atoms with van der Waals surface area (Å²) in [4.78, 5) is 30.8. The molecule has 2 amide bonds. The van der Waals surface area contributed by atoms with Crippen molar-refractivity contribution in [3.8, 4) is 11.3 Å². The van der Waals surface area contributed by atoms with E-state index in [9.17, 15) is 27.2 Å². The van der Waals surface area contributed by atoms with Crippen molar-refractivity contribution in [2.24, 2.45) is 0 Å². The maximum atomic E-state index is 15.1. The number of fused-ring (bicyclic) bond motifs is 1. The minimum Gasteiger partial charge on any atom is -0.382 e. The van der Waals surface area contributed by atoms with Gasteiger partial charge in [0.25, 0.3) is 11.8 Å². The van der Waals surface area contributed by atoms with Crippen molar-refractivity contribution >= 4 is 34.7 Å². The van der Waals surface area contributed by atoms with E-state index in [-0.39, 0.29) is 46.1 Å². The summed E-state index contributed by atoms with van der Waals surface area (Å²) in [7, 11) is 0. The van der Waals surface area contributed by atoms with Crippen molar-refractivity contribution in [1.29, 1.82) is 0 Å². The van der Waals surface area contributed by atoms with Crippen LogP contribution in [0.5, 0.6) is 0 Å². The Morgan fingerprint density at radius 2 is 1.85 bits per heavy atom. The Labute approximate surface area is 228 Å². The van der Waals surface area contributed by atoms with Crippen LogP contribution in [0.25, 0.3) is 16.8 Å². The summed E-state index contributed by atoms with van der Waals surface area (Å²) in [5.41, 5.74) is 3.48. The Balaban J connectivity index is 1.45. The van der Waals surface area contributed by atoms with Gasteiger partial charge in [-0.3, -0.25) is 9.59 Å². The van der Waals surface area contributed by atoms with Crippen molar-refractivity contribution in [3.05, 3.63) is 81.9 Å². The van der Waals surface area contributed by atoms with Crippen LogP contribution in [-0.2, 0) is 6.18 Å². The monoisotopic (exact) mass is 578 g/mol. The van der Waals surface area contributed by atoms with Crippen LogP contribution in [0.2, 0.25) is 5.02 Å². The van der Waals surface area contributed by atoms with E-state index in [1.165, 1.54) is 24.0 Å². The lowest BCUT2D eigenvalue weighted by atomic mass is 10.0. The predicted molar refractivity (Wildman–Crippen MR) is 136 cm³/mol. The fourth-order valence-electron chi connectivity index (χ4n) is 4.71. The van der Waals surface area contributed by atoms with Crippen LogP contribution in [0.4, 0.5) is 27.8 Å². The van der Waals surface area contributed by atoms with Gasteiger partial charge in [0, 0.05) is 17.7 Å². The Morgan fingerprint density at radius 1 is 1.12 bits per heavy atom. The molecule has 0 unspecified atom stereocenters. The molecule has 0 aliphatic carbocycles. The van der Waals surface area contributed by atoms with E-state index in [0.717, 1.165) is 23.0 Å². The second kappa shape index (κ2) is 10.0. The number of likely N-dealkylation sites (tertiary alicyclic amines) is 1. The maximum Gasteiger partial charge on any atom is 0.418 e. The van der Waals surface area contributed by atoms with E-state index in [1.807, 2.05) is 0 Å². The number of aromatic nitrogens is 3. The second-order valence-corrected chi connectivity index (χ2v) is 9.69. The highest BCUT2D eigenvalue weighted by Gasteiger charge is 2.39. The number of halogens is 6. The van der Waals surface area contributed by atoms with Crippen molar-refractivity contribution in [1.82, 2.24) is 24.8 Å². The molecule has 208 valence electrons. The number of hydrogen-bond donors (Lipinski definition) is 2. The number of nitrogens with one attached hydrogen (secondary N) is 1. The highest BCUT2D eigenvalue weighted by molar-refractivity contribution is 6.33. The van der Waals surface area contributed by atoms with Gasteiger partial charge in [0.2, 0.25) is 0 Å². The Morgan fingerprint density at radius 3 is 2.55 bits per heavy atom. The molecule has 2 aromatic heterocycles. The van der Waals surface area contributed by atoms with E-state index in [0.29, 0.717) is 6.07 Å². The van der Waals surface area contributed by atoms with Gasteiger partial charge in [0.1, 0.15) is 23.8 Å². The summed E-state index contributed by atoms with van der Waals surface area (Å²) in [6.45, 7) is 0.979. The lowest BCUT2D eigenvalue weighted by molar-refractivity contribution is -0.136. The third-order valence-corrected chi connectivity index (χ3v) is 7.01. The molecule has 1 aliphatic rings. The average Bonchev–Trinajstić information content (AvgIpc) is 3.46. The first-order chi connectivity index (χ1) is 18.9. The summed E-state index contributed by atoms with van der Waals surface area (Å²) >= 11 is 6.08. The lowest BCUT2D eigenvalue weighted by Crippen LogP contribution is -2.42. The topological polar surface area (TPSA) is 106 Å². The number of rotatable bonds is 4. The van der Waals surface area contributed by atoms with Gasteiger partial charge in [-0.05, 0) is 42.8 Å². The van der Waals surface area contributed by atoms with E-state index in [1.54, 1.807) is 12.1 Å². The van der Waals surface area contributed by atoms with Crippen molar-refractivity contribution in [2.75, 3.05) is 18.8 Å². The van der Waals surface area contributed by atoms with Crippen LogP contribution in [0, 0.1) is 12.7 Å². The van der Waals surface area contributed by atoms with Crippen LogP contribution in [0.15, 0.2) is 48.8 Å². The summed E-state index contributed by atoms with van der Waals surface area (Å²) in [5.74, 6) is -2.69. The van der Waals surface area contributed by atoms with Crippen molar-refractivity contribution in [2.45, 2.75) is 25.3 Å². The molecular weight excluding hydrogens is 559 g/mol. The SMILES string of the molecule is Cc1cc(F)c(-c2cc(C(F)(F)F)c3c(N)ncnn23)cc1C(=O)N[C@@H]1CN(C(=O)c2ccccc2Cl)C[C@@H]1F. The zero-order valence-electron chi connectivity index (χ0n) is 20.6. The quantitative estimate of drug-likeness (QED) is 0.342. The first-order valence-corrected chi connectivity index (χ1v) is 12.2. The molecule has 0 radical (unpaired) electrons. The second-order valence-electron chi connectivity index (χ2n) is 9.28.